The van der Waals surface area contributed by atoms with Crippen LogP contribution in [0, 0.1) is 0 Å². The predicted octanol–water partition coefficient (Wildman–Crippen LogP) is 4.82. The third-order valence-corrected chi connectivity index (χ3v) is 4.82. The van der Waals surface area contributed by atoms with Crippen molar-refractivity contribution in [3.05, 3.63) is 39.8 Å². The molecule has 0 N–H and O–H groups in total. The average molecular weight is 337 g/mol. The van der Waals surface area contributed by atoms with E-state index < -0.39 is 0 Å². The fraction of sp³-hybridized carbons (Fsp3) is 0.412. The molecule has 0 atom stereocenters. The first kappa shape index (κ1) is 17.1. The smallest absolute Gasteiger partial charge is 0.286 e. The third-order valence-electron chi connectivity index (χ3n) is 3.43. The Morgan fingerprint density at radius 3 is 2.55 bits per heavy atom. The number of aliphatic imine (C=N–C) groups is 1. The van der Waals surface area contributed by atoms with Crippen LogP contribution in [0.1, 0.15) is 38.7 Å². The van der Waals surface area contributed by atoms with Crippen LogP contribution in [-0.2, 0) is 4.79 Å². The summed E-state index contributed by atoms with van der Waals surface area (Å²) in [4.78, 5) is 19.0. The fourth-order valence-electron chi connectivity index (χ4n) is 2.35. The van der Waals surface area contributed by atoms with Gasteiger partial charge < -0.3 is 4.90 Å². The molecule has 0 aromatic heterocycles. The second kappa shape index (κ2) is 8.39. The van der Waals surface area contributed by atoms with Crippen molar-refractivity contribution in [1.29, 1.82) is 0 Å². The van der Waals surface area contributed by atoms with Gasteiger partial charge in [-0.1, -0.05) is 43.6 Å². The lowest BCUT2D eigenvalue weighted by atomic mass is 10.1. The zero-order valence-electron chi connectivity index (χ0n) is 13.0. The largest absolute Gasteiger partial charge is 0.351 e. The Morgan fingerprint density at radius 1 is 1.18 bits per heavy atom. The van der Waals surface area contributed by atoms with Gasteiger partial charge in [0.15, 0.2) is 5.17 Å². The molecule has 118 valence electrons. The number of rotatable bonds is 1. The molecule has 0 radical (unpaired) electrons. The molecule has 5 heteroatoms. The molecule has 2 aliphatic heterocycles. The van der Waals surface area contributed by atoms with Gasteiger partial charge in [0, 0.05) is 18.1 Å². The summed E-state index contributed by atoms with van der Waals surface area (Å²) in [7, 11) is 0. The summed E-state index contributed by atoms with van der Waals surface area (Å²) in [6.07, 6.45) is 5.45. The van der Waals surface area contributed by atoms with Crippen LogP contribution in [0.15, 0.2) is 34.2 Å². The van der Waals surface area contributed by atoms with E-state index in [-0.39, 0.29) is 5.91 Å². The zero-order chi connectivity index (χ0) is 15.9. The van der Waals surface area contributed by atoms with E-state index in [4.69, 9.17) is 11.6 Å². The maximum absolute atomic E-state index is 12.0. The second-order valence-electron chi connectivity index (χ2n) is 4.88. The third kappa shape index (κ3) is 4.14. The molecule has 2 aliphatic rings. The van der Waals surface area contributed by atoms with Crippen molar-refractivity contribution in [3.8, 4) is 0 Å². The van der Waals surface area contributed by atoms with E-state index in [9.17, 15) is 4.79 Å². The minimum Gasteiger partial charge on any atom is -0.351 e. The molecule has 3 nitrogen and oxygen atoms in total. The van der Waals surface area contributed by atoms with E-state index in [1.165, 1.54) is 31.0 Å². The number of likely N-dealkylation sites (tertiary alicyclic amines) is 1. The van der Waals surface area contributed by atoms with Crippen molar-refractivity contribution in [1.82, 2.24) is 4.90 Å². The molecule has 2 heterocycles. The minimum atomic E-state index is -0.157. The number of piperidine rings is 1. The molecule has 0 saturated carbocycles. The highest BCUT2D eigenvalue weighted by molar-refractivity contribution is 8.18. The van der Waals surface area contributed by atoms with Crippen LogP contribution in [-0.4, -0.2) is 29.1 Å². The van der Waals surface area contributed by atoms with Crippen LogP contribution in [0.2, 0.25) is 5.02 Å². The van der Waals surface area contributed by atoms with Crippen LogP contribution in [0.25, 0.3) is 6.08 Å². The first-order valence-corrected chi connectivity index (χ1v) is 8.95. The fourth-order valence-corrected chi connectivity index (χ4v) is 3.50. The molecule has 0 aliphatic carbocycles. The van der Waals surface area contributed by atoms with Crippen molar-refractivity contribution in [2.75, 3.05) is 13.1 Å². The summed E-state index contributed by atoms with van der Waals surface area (Å²) >= 11 is 7.58. The van der Waals surface area contributed by atoms with Crippen LogP contribution in [0.4, 0.5) is 0 Å². The molecule has 1 saturated heterocycles. The van der Waals surface area contributed by atoms with Crippen LogP contribution in [0.5, 0.6) is 0 Å². The maximum atomic E-state index is 12.0. The summed E-state index contributed by atoms with van der Waals surface area (Å²) in [5, 5.41) is 1.49. The highest BCUT2D eigenvalue weighted by Gasteiger charge is 2.26. The van der Waals surface area contributed by atoms with Crippen LogP contribution < -0.4 is 0 Å². The molecular weight excluding hydrogens is 316 g/mol. The van der Waals surface area contributed by atoms with Crippen molar-refractivity contribution >= 4 is 40.5 Å². The summed E-state index contributed by atoms with van der Waals surface area (Å²) in [5.41, 5.74) is 0.861. The van der Waals surface area contributed by atoms with Crippen molar-refractivity contribution < 1.29 is 4.79 Å². The molecule has 0 unspecified atom stereocenters. The number of hydrogen-bond donors (Lipinski definition) is 0. The summed E-state index contributed by atoms with van der Waals surface area (Å²) in [6.45, 7) is 6.00. The molecule has 1 amide bonds. The van der Waals surface area contributed by atoms with E-state index in [0.717, 1.165) is 23.8 Å². The molecular formula is C17H21ClN2OS. The van der Waals surface area contributed by atoms with Crippen LogP contribution >= 0.6 is 23.4 Å². The van der Waals surface area contributed by atoms with Gasteiger partial charge in [-0.05, 0) is 48.7 Å². The number of amidine groups is 1. The van der Waals surface area contributed by atoms with Gasteiger partial charge in [0.2, 0.25) is 0 Å². The molecule has 1 aromatic carbocycles. The topological polar surface area (TPSA) is 32.7 Å². The number of amides is 1. The van der Waals surface area contributed by atoms with E-state index >= 15 is 0 Å². The lowest BCUT2D eigenvalue weighted by Crippen LogP contribution is -2.33. The van der Waals surface area contributed by atoms with E-state index in [1.54, 1.807) is 0 Å². The lowest BCUT2D eigenvalue weighted by molar-refractivity contribution is -0.113. The Bertz CT molecular complexity index is 592. The average Bonchev–Trinajstić information content (AvgIpc) is 2.93. The number of benzene rings is 1. The zero-order valence-corrected chi connectivity index (χ0v) is 14.6. The predicted molar refractivity (Wildman–Crippen MR) is 96.2 cm³/mol. The first-order chi connectivity index (χ1) is 10.7. The quantitative estimate of drug-likeness (QED) is 0.689. The maximum Gasteiger partial charge on any atom is 0.286 e. The molecule has 22 heavy (non-hydrogen) atoms. The van der Waals surface area contributed by atoms with Gasteiger partial charge in [-0.25, -0.2) is 0 Å². The number of thioether (sulfide) groups is 1. The number of nitrogens with zero attached hydrogens (tertiary/aromatic N) is 2. The van der Waals surface area contributed by atoms with E-state index in [2.05, 4.69) is 9.89 Å². The number of hydrogen-bond acceptors (Lipinski definition) is 3. The Hall–Kier alpha value is -1.26. The van der Waals surface area contributed by atoms with E-state index in [0.29, 0.717) is 9.93 Å². The van der Waals surface area contributed by atoms with Crippen molar-refractivity contribution in [3.63, 3.8) is 0 Å². The highest BCUT2D eigenvalue weighted by atomic mass is 35.5. The highest BCUT2D eigenvalue weighted by Crippen LogP contribution is 2.32. The SMILES string of the molecule is CC.O=C1N=C(N2CCCCC2)S/C1=C\c1ccccc1Cl. The van der Waals surface area contributed by atoms with Gasteiger partial charge in [-0.3, -0.25) is 4.79 Å². The van der Waals surface area contributed by atoms with Gasteiger partial charge in [0.05, 0.1) is 4.91 Å². The van der Waals surface area contributed by atoms with Gasteiger partial charge in [0.1, 0.15) is 0 Å². The Kier molecular flexibility index (Phi) is 6.52. The van der Waals surface area contributed by atoms with E-state index in [1.807, 2.05) is 44.2 Å². The van der Waals surface area contributed by atoms with Gasteiger partial charge >= 0.3 is 0 Å². The summed E-state index contributed by atoms with van der Waals surface area (Å²) in [6, 6.07) is 7.52. The molecule has 0 bridgehead atoms. The van der Waals surface area contributed by atoms with Crippen molar-refractivity contribution in [2.45, 2.75) is 33.1 Å². The standard InChI is InChI=1S/C15H15ClN2OS.C2H6/c16-12-7-3-2-6-11(12)10-13-14(19)17-15(20-13)18-8-4-1-5-9-18;1-2/h2-3,6-7,10H,1,4-5,8-9H2;1-2H3/b13-10-;. The second-order valence-corrected chi connectivity index (χ2v) is 6.30. The molecule has 0 spiro atoms. The summed E-state index contributed by atoms with van der Waals surface area (Å²) < 4.78 is 0. The van der Waals surface area contributed by atoms with Gasteiger partial charge in [-0.2, -0.15) is 4.99 Å². The van der Waals surface area contributed by atoms with Gasteiger partial charge in [-0.15, -0.1) is 0 Å². The number of carbonyl (C=O) groups excluding carboxylic acids is 1. The Balaban J connectivity index is 0.000000847. The molecule has 1 fully saturated rings. The van der Waals surface area contributed by atoms with Crippen LogP contribution in [0.3, 0.4) is 0 Å². The normalized spacial score (nSPS) is 19.8. The Morgan fingerprint density at radius 2 is 1.86 bits per heavy atom. The summed E-state index contributed by atoms with van der Waals surface area (Å²) in [5.74, 6) is -0.157. The molecule has 3 rings (SSSR count). The number of halogens is 1. The molecule has 1 aromatic rings. The van der Waals surface area contributed by atoms with Crippen molar-refractivity contribution in [2.24, 2.45) is 4.99 Å². The Labute approximate surface area is 141 Å². The number of carbonyl (C=O) groups is 1. The minimum absolute atomic E-state index is 0.157. The monoisotopic (exact) mass is 336 g/mol. The first-order valence-electron chi connectivity index (χ1n) is 7.76. The van der Waals surface area contributed by atoms with Gasteiger partial charge in [0.25, 0.3) is 5.91 Å². The lowest BCUT2D eigenvalue weighted by Gasteiger charge is -2.27.